The molecular weight excluding hydrogens is 203 g/mol. The van der Waals surface area contributed by atoms with Crippen LogP contribution in [0, 0.1) is 0 Å². The van der Waals surface area contributed by atoms with E-state index < -0.39 is 30.6 Å². The summed E-state index contributed by atoms with van der Waals surface area (Å²) in [5, 5.41) is 0. The molecule has 1 heterocycles. The van der Waals surface area contributed by atoms with Crippen molar-refractivity contribution in [2.45, 2.75) is 31.8 Å². The highest BCUT2D eigenvalue weighted by atomic mass is 19.1. The zero-order chi connectivity index (χ0) is 11.5. The fraction of sp³-hybridized carbons (Fsp3) is 0.700. The Bertz CT molecular complexity index is 262. The van der Waals surface area contributed by atoms with E-state index in [1.165, 1.54) is 19.3 Å². The van der Waals surface area contributed by atoms with Gasteiger partial charge in [0.05, 0.1) is 7.11 Å². The number of rotatable bonds is 3. The molecule has 0 aromatic rings. The van der Waals surface area contributed by atoms with Gasteiger partial charge in [-0.15, -0.1) is 0 Å². The predicted molar refractivity (Wildman–Crippen MR) is 51.0 cm³/mol. The van der Waals surface area contributed by atoms with Crippen LogP contribution in [-0.2, 0) is 19.0 Å². The van der Waals surface area contributed by atoms with Gasteiger partial charge in [0, 0.05) is 0 Å². The molecule has 15 heavy (non-hydrogen) atoms. The summed E-state index contributed by atoms with van der Waals surface area (Å²) in [6, 6.07) is 0. The minimum absolute atomic E-state index is 0.519. The maximum atomic E-state index is 11.9. The third-order valence-corrected chi connectivity index (χ3v) is 1.98. The lowest BCUT2D eigenvalue weighted by atomic mass is 10.2. The van der Waals surface area contributed by atoms with Crippen molar-refractivity contribution in [1.29, 1.82) is 0 Å². The minimum Gasteiger partial charge on any atom is -0.467 e. The molecule has 0 amide bonds. The number of esters is 1. The van der Waals surface area contributed by atoms with Crippen LogP contribution in [-0.4, -0.2) is 37.7 Å². The molecule has 0 unspecified atom stereocenters. The normalized spacial score (nSPS) is 29.6. The van der Waals surface area contributed by atoms with Crippen LogP contribution in [0.25, 0.3) is 0 Å². The van der Waals surface area contributed by atoms with Crippen molar-refractivity contribution < 1.29 is 23.4 Å². The lowest BCUT2D eigenvalue weighted by Crippen LogP contribution is -2.31. The summed E-state index contributed by atoms with van der Waals surface area (Å²) in [6.07, 6.45) is 1.33. The van der Waals surface area contributed by atoms with Crippen molar-refractivity contribution in [2.75, 3.05) is 13.8 Å². The number of methoxy groups -OCH3 is 1. The van der Waals surface area contributed by atoms with E-state index in [-0.39, 0.29) is 0 Å². The van der Waals surface area contributed by atoms with E-state index >= 15 is 0 Å². The van der Waals surface area contributed by atoms with E-state index in [9.17, 15) is 9.18 Å². The van der Waals surface area contributed by atoms with Crippen LogP contribution in [0.4, 0.5) is 4.39 Å². The smallest absolute Gasteiger partial charge is 0.338 e. The van der Waals surface area contributed by atoms with Crippen LogP contribution in [0.2, 0.25) is 0 Å². The topological polar surface area (TPSA) is 44.8 Å². The van der Waals surface area contributed by atoms with Gasteiger partial charge in [0.15, 0.2) is 11.9 Å². The van der Waals surface area contributed by atoms with E-state index in [0.29, 0.717) is 0 Å². The number of hydrogen-bond donors (Lipinski definition) is 0. The first-order valence-corrected chi connectivity index (χ1v) is 4.66. The summed E-state index contributed by atoms with van der Waals surface area (Å²) in [4.78, 5) is 11.3. The Labute approximate surface area is 88.0 Å². The highest BCUT2D eigenvalue weighted by molar-refractivity contribution is 5.76. The first kappa shape index (κ1) is 12.1. The second kappa shape index (κ2) is 4.72. The van der Waals surface area contributed by atoms with Crippen molar-refractivity contribution in [3.63, 3.8) is 0 Å². The molecule has 0 aliphatic carbocycles. The van der Waals surface area contributed by atoms with Gasteiger partial charge < -0.3 is 14.2 Å². The monoisotopic (exact) mass is 218 g/mol. The van der Waals surface area contributed by atoms with Crippen LogP contribution in [0.1, 0.15) is 13.8 Å². The number of halogens is 1. The van der Waals surface area contributed by atoms with Crippen molar-refractivity contribution in [3.8, 4) is 0 Å². The summed E-state index contributed by atoms with van der Waals surface area (Å²) >= 11 is 0. The third-order valence-electron chi connectivity index (χ3n) is 1.98. The van der Waals surface area contributed by atoms with E-state index in [1.807, 2.05) is 0 Å². The number of allylic oxidation sites excluding steroid dienone is 1. The summed E-state index contributed by atoms with van der Waals surface area (Å²) < 4.78 is 27.3. The van der Waals surface area contributed by atoms with Gasteiger partial charge in [0.2, 0.25) is 0 Å². The molecule has 86 valence electrons. The van der Waals surface area contributed by atoms with Gasteiger partial charge in [-0.1, -0.05) is 12.2 Å². The molecule has 0 saturated carbocycles. The highest BCUT2D eigenvalue weighted by Crippen LogP contribution is 2.29. The average molecular weight is 218 g/mol. The molecule has 1 aliphatic heterocycles. The quantitative estimate of drug-likeness (QED) is 0.527. The SMILES string of the molecule is COC(=O)[C@@H]1OC(C)(C)O[C@H]1/C=C/CF. The van der Waals surface area contributed by atoms with Gasteiger partial charge >= 0.3 is 5.97 Å². The van der Waals surface area contributed by atoms with Crippen molar-refractivity contribution in [1.82, 2.24) is 0 Å². The van der Waals surface area contributed by atoms with E-state index in [4.69, 9.17) is 9.47 Å². The molecule has 1 fully saturated rings. The van der Waals surface area contributed by atoms with Crippen LogP contribution in [0.3, 0.4) is 0 Å². The standard InChI is InChI=1S/C10H15FO4/c1-10(2)14-7(5-4-6-11)8(15-10)9(12)13-3/h4-5,7-8H,6H2,1-3H3/b5-4+/t7-,8+/m0/s1. The van der Waals surface area contributed by atoms with Gasteiger partial charge in [0.25, 0.3) is 0 Å². The summed E-state index contributed by atoms with van der Waals surface area (Å²) in [5.41, 5.74) is 0. The zero-order valence-electron chi connectivity index (χ0n) is 9.03. The molecular formula is C10H15FO4. The number of ether oxygens (including phenoxy) is 3. The average Bonchev–Trinajstić information content (AvgIpc) is 2.49. The first-order valence-electron chi connectivity index (χ1n) is 4.66. The van der Waals surface area contributed by atoms with Gasteiger partial charge in [-0.2, -0.15) is 0 Å². The number of hydrogen-bond acceptors (Lipinski definition) is 4. The molecule has 0 aromatic carbocycles. The van der Waals surface area contributed by atoms with Gasteiger partial charge in [-0.3, -0.25) is 0 Å². The Morgan fingerprint density at radius 3 is 2.73 bits per heavy atom. The summed E-state index contributed by atoms with van der Waals surface area (Å²) in [6.45, 7) is 2.77. The van der Waals surface area contributed by atoms with Gasteiger partial charge in [-0.25, -0.2) is 9.18 Å². The van der Waals surface area contributed by atoms with Crippen molar-refractivity contribution in [2.24, 2.45) is 0 Å². The Kier molecular flexibility index (Phi) is 3.82. The minimum atomic E-state index is -0.857. The van der Waals surface area contributed by atoms with Crippen LogP contribution >= 0.6 is 0 Å². The molecule has 5 heteroatoms. The Morgan fingerprint density at radius 1 is 1.53 bits per heavy atom. The number of carbonyl (C=O) groups excluding carboxylic acids is 1. The molecule has 0 N–H and O–H groups in total. The first-order chi connectivity index (χ1) is 7.00. The molecule has 1 saturated heterocycles. The molecule has 4 nitrogen and oxygen atoms in total. The maximum absolute atomic E-state index is 11.9. The van der Waals surface area contributed by atoms with Crippen molar-refractivity contribution in [3.05, 3.63) is 12.2 Å². The Morgan fingerprint density at radius 2 is 2.20 bits per heavy atom. The second-order valence-electron chi connectivity index (χ2n) is 3.63. The molecule has 0 radical (unpaired) electrons. The highest BCUT2D eigenvalue weighted by Gasteiger charge is 2.44. The molecule has 0 bridgehead atoms. The maximum Gasteiger partial charge on any atom is 0.338 e. The fourth-order valence-corrected chi connectivity index (χ4v) is 1.41. The van der Waals surface area contributed by atoms with E-state index in [1.54, 1.807) is 13.8 Å². The summed E-state index contributed by atoms with van der Waals surface area (Å²) in [5.74, 6) is -1.38. The lowest BCUT2D eigenvalue weighted by molar-refractivity contribution is -0.167. The van der Waals surface area contributed by atoms with Crippen molar-refractivity contribution >= 4 is 5.97 Å². The third kappa shape index (κ3) is 3.00. The second-order valence-corrected chi connectivity index (χ2v) is 3.63. The lowest BCUT2D eigenvalue weighted by Gasteiger charge is -2.15. The van der Waals surface area contributed by atoms with Crippen LogP contribution < -0.4 is 0 Å². The molecule has 1 rings (SSSR count). The van der Waals surface area contributed by atoms with Crippen LogP contribution in [0.5, 0.6) is 0 Å². The molecule has 0 spiro atoms. The van der Waals surface area contributed by atoms with Gasteiger partial charge in [0.1, 0.15) is 12.8 Å². The molecule has 1 aliphatic rings. The largest absolute Gasteiger partial charge is 0.467 e. The Hall–Kier alpha value is -0.940. The van der Waals surface area contributed by atoms with E-state index in [0.717, 1.165) is 0 Å². The zero-order valence-corrected chi connectivity index (χ0v) is 9.03. The fourth-order valence-electron chi connectivity index (χ4n) is 1.41. The Balaban J connectivity index is 2.74. The van der Waals surface area contributed by atoms with Crippen LogP contribution in [0.15, 0.2) is 12.2 Å². The van der Waals surface area contributed by atoms with E-state index in [2.05, 4.69) is 4.74 Å². The van der Waals surface area contributed by atoms with Gasteiger partial charge in [-0.05, 0) is 13.8 Å². The predicted octanol–water partition coefficient (Wildman–Crippen LogP) is 1.21. The molecule has 2 atom stereocenters. The number of alkyl halides is 1. The molecule has 0 aromatic heterocycles. The summed E-state index contributed by atoms with van der Waals surface area (Å²) in [7, 11) is 1.27. The number of carbonyl (C=O) groups is 1.